The van der Waals surface area contributed by atoms with E-state index in [4.69, 9.17) is 4.74 Å². The van der Waals surface area contributed by atoms with E-state index in [1.54, 1.807) is 0 Å². The number of carbonyl (C=O) groups is 1. The van der Waals surface area contributed by atoms with E-state index in [1.807, 2.05) is 50.7 Å². The van der Waals surface area contributed by atoms with E-state index in [0.29, 0.717) is 6.54 Å². The number of carbonyl (C=O) groups excluding carboxylic acids is 1. The summed E-state index contributed by atoms with van der Waals surface area (Å²) in [5, 5.41) is 3.06. The molecule has 0 aliphatic heterocycles. The van der Waals surface area contributed by atoms with Gasteiger partial charge >= 0.3 is 5.97 Å². The SMILES string of the molecule is Cn1cccc1CNCC(=O)OC(C)(C)C. The van der Waals surface area contributed by atoms with E-state index < -0.39 is 5.60 Å². The molecule has 1 N–H and O–H groups in total. The molecule has 4 nitrogen and oxygen atoms in total. The topological polar surface area (TPSA) is 43.3 Å². The quantitative estimate of drug-likeness (QED) is 0.787. The molecule has 0 aliphatic rings. The fourth-order valence-corrected chi connectivity index (χ4v) is 1.35. The molecule has 0 aromatic carbocycles. The second-order valence-corrected chi connectivity index (χ2v) is 4.80. The Kier molecular flexibility index (Phi) is 4.12. The number of rotatable bonds is 4. The number of ether oxygens (including phenoxy) is 1. The third kappa shape index (κ3) is 4.49. The van der Waals surface area contributed by atoms with Gasteiger partial charge in [-0.1, -0.05) is 0 Å². The Bertz CT molecular complexity index is 350. The minimum Gasteiger partial charge on any atom is -0.459 e. The van der Waals surface area contributed by atoms with Crippen LogP contribution in [-0.4, -0.2) is 22.7 Å². The van der Waals surface area contributed by atoms with Crippen LogP contribution in [0.3, 0.4) is 0 Å². The first kappa shape index (κ1) is 12.8. The minimum atomic E-state index is -0.413. The maximum absolute atomic E-state index is 11.4. The third-order valence-electron chi connectivity index (χ3n) is 2.05. The lowest BCUT2D eigenvalue weighted by molar-refractivity contribution is -0.153. The molecular weight excluding hydrogens is 204 g/mol. The van der Waals surface area contributed by atoms with Gasteiger partial charge in [-0.25, -0.2) is 0 Å². The Morgan fingerprint density at radius 1 is 1.50 bits per heavy atom. The van der Waals surface area contributed by atoms with Crippen molar-refractivity contribution in [2.75, 3.05) is 6.54 Å². The predicted octanol–water partition coefficient (Wildman–Crippen LogP) is 1.46. The first-order valence-corrected chi connectivity index (χ1v) is 5.41. The highest BCUT2D eigenvalue weighted by atomic mass is 16.6. The fraction of sp³-hybridized carbons (Fsp3) is 0.583. The lowest BCUT2D eigenvalue weighted by Gasteiger charge is -2.19. The molecule has 0 aliphatic carbocycles. The summed E-state index contributed by atoms with van der Waals surface area (Å²) in [5.74, 6) is -0.221. The molecule has 1 rings (SSSR count). The highest BCUT2D eigenvalue weighted by Gasteiger charge is 2.15. The predicted molar refractivity (Wildman–Crippen MR) is 63.0 cm³/mol. The Morgan fingerprint density at radius 3 is 2.69 bits per heavy atom. The second-order valence-electron chi connectivity index (χ2n) is 4.80. The number of aryl methyl sites for hydroxylation is 1. The van der Waals surface area contributed by atoms with Crippen molar-refractivity contribution in [3.63, 3.8) is 0 Å². The molecule has 0 atom stereocenters. The van der Waals surface area contributed by atoms with E-state index in [0.717, 1.165) is 5.69 Å². The maximum atomic E-state index is 11.4. The van der Waals surface area contributed by atoms with Crippen molar-refractivity contribution in [3.8, 4) is 0 Å². The van der Waals surface area contributed by atoms with Gasteiger partial charge in [-0.15, -0.1) is 0 Å². The summed E-state index contributed by atoms with van der Waals surface area (Å²) in [5.41, 5.74) is 0.729. The summed E-state index contributed by atoms with van der Waals surface area (Å²) in [6.45, 7) is 6.50. The van der Waals surface area contributed by atoms with Crippen molar-refractivity contribution < 1.29 is 9.53 Å². The average Bonchev–Trinajstić information content (AvgIpc) is 2.48. The highest BCUT2D eigenvalue weighted by Crippen LogP contribution is 2.06. The fourth-order valence-electron chi connectivity index (χ4n) is 1.35. The van der Waals surface area contributed by atoms with Crippen molar-refractivity contribution in [1.82, 2.24) is 9.88 Å². The lowest BCUT2D eigenvalue weighted by atomic mass is 10.2. The third-order valence-corrected chi connectivity index (χ3v) is 2.05. The van der Waals surface area contributed by atoms with E-state index in [1.165, 1.54) is 0 Å². The summed E-state index contributed by atoms with van der Waals surface area (Å²) in [6, 6.07) is 3.99. The molecule has 0 amide bonds. The Morgan fingerprint density at radius 2 is 2.19 bits per heavy atom. The monoisotopic (exact) mass is 224 g/mol. The zero-order valence-corrected chi connectivity index (χ0v) is 10.4. The van der Waals surface area contributed by atoms with Crippen LogP contribution in [0, 0.1) is 0 Å². The molecule has 4 heteroatoms. The first-order valence-electron chi connectivity index (χ1n) is 5.41. The zero-order valence-electron chi connectivity index (χ0n) is 10.4. The van der Waals surface area contributed by atoms with Crippen molar-refractivity contribution >= 4 is 5.97 Å². The molecular formula is C12H20N2O2. The van der Waals surface area contributed by atoms with Gasteiger partial charge in [-0.2, -0.15) is 0 Å². The van der Waals surface area contributed by atoms with Crippen molar-refractivity contribution in [2.45, 2.75) is 32.9 Å². The van der Waals surface area contributed by atoms with Gasteiger partial charge < -0.3 is 14.6 Å². The summed E-state index contributed by atoms with van der Waals surface area (Å²) >= 11 is 0. The van der Waals surface area contributed by atoms with Crippen LogP contribution in [0.25, 0.3) is 0 Å². The highest BCUT2D eigenvalue weighted by molar-refractivity contribution is 5.72. The maximum Gasteiger partial charge on any atom is 0.320 e. The van der Waals surface area contributed by atoms with Crippen LogP contribution in [0.5, 0.6) is 0 Å². The second kappa shape index (κ2) is 5.16. The number of esters is 1. The Balaban J connectivity index is 2.26. The first-order chi connectivity index (χ1) is 7.38. The van der Waals surface area contributed by atoms with E-state index in [9.17, 15) is 4.79 Å². The molecule has 0 fully saturated rings. The smallest absolute Gasteiger partial charge is 0.320 e. The van der Waals surface area contributed by atoms with Gasteiger partial charge in [0, 0.05) is 25.5 Å². The largest absolute Gasteiger partial charge is 0.459 e. The molecule has 0 saturated heterocycles. The summed E-state index contributed by atoms with van der Waals surface area (Å²) in [6.07, 6.45) is 1.98. The van der Waals surface area contributed by atoms with Crippen LogP contribution >= 0.6 is 0 Å². The van der Waals surface area contributed by atoms with E-state index in [2.05, 4.69) is 5.32 Å². The van der Waals surface area contributed by atoms with Crippen LogP contribution in [0.4, 0.5) is 0 Å². The number of aromatic nitrogens is 1. The molecule has 0 radical (unpaired) electrons. The van der Waals surface area contributed by atoms with Gasteiger partial charge in [-0.05, 0) is 32.9 Å². The summed E-state index contributed by atoms with van der Waals surface area (Å²) < 4.78 is 7.20. The molecule has 1 heterocycles. The Labute approximate surface area is 96.6 Å². The summed E-state index contributed by atoms with van der Waals surface area (Å²) in [7, 11) is 1.98. The molecule has 0 unspecified atom stereocenters. The van der Waals surface area contributed by atoms with Crippen LogP contribution in [0.15, 0.2) is 18.3 Å². The van der Waals surface area contributed by atoms with Gasteiger partial charge in [0.1, 0.15) is 5.60 Å². The number of hydrogen-bond acceptors (Lipinski definition) is 3. The van der Waals surface area contributed by atoms with E-state index >= 15 is 0 Å². The normalized spacial score (nSPS) is 11.5. The molecule has 0 bridgehead atoms. The summed E-state index contributed by atoms with van der Waals surface area (Å²) in [4.78, 5) is 11.4. The Hall–Kier alpha value is -1.29. The standard InChI is InChI=1S/C12H20N2O2/c1-12(2,3)16-11(15)9-13-8-10-6-5-7-14(10)4/h5-7,13H,8-9H2,1-4H3. The van der Waals surface area contributed by atoms with Gasteiger partial charge in [-0.3, -0.25) is 4.79 Å². The van der Waals surface area contributed by atoms with Crippen LogP contribution in [0.2, 0.25) is 0 Å². The molecule has 1 aromatic heterocycles. The van der Waals surface area contributed by atoms with Crippen molar-refractivity contribution in [3.05, 3.63) is 24.0 Å². The van der Waals surface area contributed by atoms with Crippen LogP contribution < -0.4 is 5.32 Å². The van der Waals surface area contributed by atoms with Crippen LogP contribution in [-0.2, 0) is 23.1 Å². The van der Waals surface area contributed by atoms with Gasteiger partial charge in [0.2, 0.25) is 0 Å². The van der Waals surface area contributed by atoms with Gasteiger partial charge in [0.15, 0.2) is 0 Å². The number of nitrogens with one attached hydrogen (secondary N) is 1. The zero-order chi connectivity index (χ0) is 12.2. The molecule has 0 spiro atoms. The minimum absolute atomic E-state index is 0.221. The van der Waals surface area contributed by atoms with E-state index in [-0.39, 0.29) is 12.5 Å². The molecule has 0 saturated carbocycles. The molecule has 1 aromatic rings. The molecule has 16 heavy (non-hydrogen) atoms. The number of hydrogen-bond donors (Lipinski definition) is 1. The average molecular weight is 224 g/mol. The van der Waals surface area contributed by atoms with Gasteiger partial charge in [0.25, 0.3) is 0 Å². The number of nitrogens with zero attached hydrogens (tertiary/aromatic N) is 1. The van der Waals surface area contributed by atoms with Gasteiger partial charge in [0.05, 0.1) is 6.54 Å². The molecule has 90 valence electrons. The van der Waals surface area contributed by atoms with Crippen LogP contribution in [0.1, 0.15) is 26.5 Å². The van der Waals surface area contributed by atoms with Crippen molar-refractivity contribution in [1.29, 1.82) is 0 Å². The van der Waals surface area contributed by atoms with Crippen molar-refractivity contribution in [2.24, 2.45) is 7.05 Å². The lowest BCUT2D eigenvalue weighted by Crippen LogP contribution is -2.31.